The Balaban J connectivity index is 2.59. The Hall–Kier alpha value is -1.43. The molecule has 5 nitrogen and oxygen atoms in total. The van der Waals surface area contributed by atoms with Gasteiger partial charge >= 0.3 is 0 Å². The van der Waals surface area contributed by atoms with E-state index < -0.39 is 10.8 Å². The molecule has 0 saturated carbocycles. The van der Waals surface area contributed by atoms with Gasteiger partial charge in [0.15, 0.2) is 5.03 Å². The Bertz CT molecular complexity index is 395. The van der Waals surface area contributed by atoms with Crippen molar-refractivity contribution in [3.8, 4) is 0 Å². The molecule has 0 aromatic carbocycles. The summed E-state index contributed by atoms with van der Waals surface area (Å²) in [6, 6.07) is 3.28. The average Bonchev–Trinajstić information content (AvgIpc) is 2.26. The Morgan fingerprint density at radius 3 is 3.00 bits per heavy atom. The minimum Gasteiger partial charge on any atom is -0.396 e. The summed E-state index contributed by atoms with van der Waals surface area (Å²) in [5.41, 5.74) is 5.96. The fraction of sp³-hybridized carbons (Fsp3) is 0.400. The first-order valence-electron chi connectivity index (χ1n) is 5.00. The molecule has 0 aliphatic heterocycles. The van der Waals surface area contributed by atoms with E-state index in [2.05, 4.69) is 10.3 Å². The molecule has 0 spiro atoms. The Kier molecular flexibility index (Phi) is 4.91. The number of nitrogens with zero attached hydrogens (tertiary/aromatic N) is 1. The first-order chi connectivity index (χ1) is 7.65. The van der Waals surface area contributed by atoms with Crippen LogP contribution in [-0.4, -0.2) is 27.4 Å². The fourth-order valence-electron chi connectivity index (χ4n) is 1.10. The second-order valence-electron chi connectivity index (χ2n) is 3.24. The van der Waals surface area contributed by atoms with Crippen molar-refractivity contribution < 1.29 is 9.00 Å². The highest BCUT2D eigenvalue weighted by atomic mass is 32.2. The van der Waals surface area contributed by atoms with E-state index in [1.165, 1.54) is 6.20 Å². The summed E-state index contributed by atoms with van der Waals surface area (Å²) < 4.78 is 11.7. The summed E-state index contributed by atoms with van der Waals surface area (Å²) in [5, 5.41) is 2.92. The number of aromatic nitrogens is 1. The highest BCUT2D eigenvalue weighted by Gasteiger charge is 2.13. The maximum atomic E-state index is 11.7. The lowest BCUT2D eigenvalue weighted by Gasteiger charge is -2.04. The summed E-state index contributed by atoms with van der Waals surface area (Å²) in [6.45, 7) is 2.54. The number of rotatable bonds is 5. The van der Waals surface area contributed by atoms with E-state index in [9.17, 15) is 9.00 Å². The zero-order chi connectivity index (χ0) is 12.0. The molecule has 0 saturated heterocycles. The minimum atomic E-state index is -1.48. The van der Waals surface area contributed by atoms with Crippen molar-refractivity contribution in [2.75, 3.05) is 18.0 Å². The summed E-state index contributed by atoms with van der Waals surface area (Å²) in [4.78, 5) is 15.2. The Morgan fingerprint density at radius 1 is 1.62 bits per heavy atom. The molecule has 1 aromatic heterocycles. The second-order valence-corrected chi connectivity index (χ2v) is 4.60. The quantitative estimate of drug-likeness (QED) is 0.776. The van der Waals surface area contributed by atoms with Gasteiger partial charge in [-0.05, 0) is 18.6 Å². The fourth-order valence-corrected chi connectivity index (χ4v) is 2.08. The van der Waals surface area contributed by atoms with Crippen LogP contribution < -0.4 is 11.1 Å². The second kappa shape index (κ2) is 6.22. The van der Waals surface area contributed by atoms with Crippen molar-refractivity contribution in [3.05, 3.63) is 18.3 Å². The van der Waals surface area contributed by atoms with E-state index in [4.69, 9.17) is 5.73 Å². The van der Waals surface area contributed by atoms with E-state index in [1.54, 1.807) is 12.1 Å². The van der Waals surface area contributed by atoms with Crippen molar-refractivity contribution >= 4 is 22.4 Å². The van der Waals surface area contributed by atoms with Gasteiger partial charge in [-0.3, -0.25) is 9.00 Å². The van der Waals surface area contributed by atoms with Crippen LogP contribution in [0.3, 0.4) is 0 Å². The molecule has 1 atom stereocenters. The van der Waals surface area contributed by atoms with Gasteiger partial charge in [0.25, 0.3) is 0 Å². The van der Waals surface area contributed by atoms with Gasteiger partial charge in [0, 0.05) is 12.7 Å². The van der Waals surface area contributed by atoms with Crippen LogP contribution in [0.15, 0.2) is 23.4 Å². The molecule has 0 radical (unpaired) electrons. The number of amides is 1. The zero-order valence-corrected chi connectivity index (χ0v) is 9.92. The molecular weight excluding hydrogens is 226 g/mol. The normalized spacial score (nSPS) is 12.1. The molecule has 1 heterocycles. The van der Waals surface area contributed by atoms with Gasteiger partial charge in [-0.1, -0.05) is 6.92 Å². The Labute approximate surface area is 96.9 Å². The molecule has 0 aliphatic rings. The summed E-state index contributed by atoms with van der Waals surface area (Å²) in [5.74, 6) is -0.341. The van der Waals surface area contributed by atoms with Crippen molar-refractivity contribution in [2.24, 2.45) is 0 Å². The molecule has 88 valence electrons. The lowest BCUT2D eigenvalue weighted by molar-refractivity contribution is -0.118. The summed E-state index contributed by atoms with van der Waals surface area (Å²) >= 11 is 0. The largest absolute Gasteiger partial charge is 0.396 e. The van der Waals surface area contributed by atoms with Gasteiger partial charge in [-0.15, -0.1) is 0 Å². The van der Waals surface area contributed by atoms with Gasteiger partial charge < -0.3 is 11.1 Å². The van der Waals surface area contributed by atoms with Crippen LogP contribution in [0.2, 0.25) is 0 Å². The molecule has 16 heavy (non-hydrogen) atoms. The number of nitrogens with two attached hydrogens (primary N) is 1. The molecule has 1 aromatic rings. The lowest BCUT2D eigenvalue weighted by atomic mass is 10.4. The SMILES string of the molecule is CCCNC(=O)CS(=O)c1ncccc1N. The van der Waals surface area contributed by atoms with Crippen molar-refractivity contribution in [3.63, 3.8) is 0 Å². The third-order valence-electron chi connectivity index (χ3n) is 1.85. The number of carbonyl (C=O) groups excluding carboxylic acids is 1. The molecule has 0 aliphatic carbocycles. The number of anilines is 1. The van der Waals surface area contributed by atoms with Crippen LogP contribution in [0.4, 0.5) is 5.69 Å². The van der Waals surface area contributed by atoms with E-state index in [-0.39, 0.29) is 16.7 Å². The predicted molar refractivity (Wildman–Crippen MR) is 63.2 cm³/mol. The topological polar surface area (TPSA) is 85.1 Å². The van der Waals surface area contributed by atoms with E-state index in [0.29, 0.717) is 12.2 Å². The number of carbonyl (C=O) groups is 1. The zero-order valence-electron chi connectivity index (χ0n) is 9.10. The molecule has 0 bridgehead atoms. The third-order valence-corrected chi connectivity index (χ3v) is 3.15. The smallest absolute Gasteiger partial charge is 0.233 e. The van der Waals surface area contributed by atoms with Gasteiger partial charge in [0.1, 0.15) is 5.75 Å². The Morgan fingerprint density at radius 2 is 2.38 bits per heavy atom. The monoisotopic (exact) mass is 241 g/mol. The molecule has 1 unspecified atom stereocenters. The summed E-state index contributed by atoms with van der Waals surface area (Å²) in [7, 11) is -1.48. The number of nitrogens with one attached hydrogen (secondary N) is 1. The van der Waals surface area contributed by atoms with Crippen molar-refractivity contribution in [1.82, 2.24) is 10.3 Å². The predicted octanol–water partition coefficient (Wildman–Crippen LogP) is 0.298. The van der Waals surface area contributed by atoms with Crippen molar-refractivity contribution in [2.45, 2.75) is 18.4 Å². The molecule has 1 rings (SSSR count). The van der Waals surface area contributed by atoms with Crippen molar-refractivity contribution in [1.29, 1.82) is 0 Å². The highest BCUT2D eigenvalue weighted by molar-refractivity contribution is 7.85. The first-order valence-corrected chi connectivity index (χ1v) is 6.32. The molecule has 3 N–H and O–H groups in total. The van der Waals surface area contributed by atoms with Gasteiger partial charge in [0.2, 0.25) is 5.91 Å². The molecule has 6 heteroatoms. The van der Waals surface area contributed by atoms with Gasteiger partial charge in [0.05, 0.1) is 16.5 Å². The van der Waals surface area contributed by atoms with E-state index in [0.717, 1.165) is 6.42 Å². The first kappa shape index (κ1) is 12.6. The van der Waals surface area contributed by atoms with Crippen LogP contribution in [0.25, 0.3) is 0 Å². The molecular formula is C10H15N3O2S. The maximum Gasteiger partial charge on any atom is 0.233 e. The molecule has 0 fully saturated rings. The van der Waals surface area contributed by atoms with Crippen LogP contribution in [-0.2, 0) is 15.6 Å². The average molecular weight is 241 g/mol. The van der Waals surface area contributed by atoms with Crippen LogP contribution in [0.5, 0.6) is 0 Å². The van der Waals surface area contributed by atoms with Gasteiger partial charge in [-0.25, -0.2) is 4.98 Å². The minimum absolute atomic E-state index is 0.0960. The number of hydrogen-bond donors (Lipinski definition) is 2. The number of hydrogen-bond acceptors (Lipinski definition) is 4. The van der Waals surface area contributed by atoms with E-state index in [1.807, 2.05) is 6.92 Å². The van der Waals surface area contributed by atoms with Crippen LogP contribution in [0, 0.1) is 0 Å². The standard InChI is InChI=1S/C10H15N3O2S/c1-2-5-12-9(14)7-16(15)10-8(11)4-3-6-13-10/h3-4,6H,2,5,7,11H2,1H3,(H,12,14). The van der Waals surface area contributed by atoms with Crippen LogP contribution in [0.1, 0.15) is 13.3 Å². The third kappa shape index (κ3) is 3.62. The van der Waals surface area contributed by atoms with E-state index >= 15 is 0 Å². The highest BCUT2D eigenvalue weighted by Crippen LogP contribution is 2.11. The molecule has 1 amide bonds. The summed E-state index contributed by atoms with van der Waals surface area (Å²) in [6.07, 6.45) is 2.36. The number of pyridine rings is 1. The van der Waals surface area contributed by atoms with Crippen LogP contribution >= 0.6 is 0 Å². The lowest BCUT2D eigenvalue weighted by Crippen LogP contribution is -2.29. The number of nitrogen functional groups attached to an aromatic ring is 1. The van der Waals surface area contributed by atoms with Gasteiger partial charge in [-0.2, -0.15) is 0 Å². The maximum absolute atomic E-state index is 11.7.